The first-order valence-corrected chi connectivity index (χ1v) is 5.81. The fraction of sp³-hybridized carbons (Fsp3) is 0.200. The average molecular weight is 303 g/mol. The lowest BCUT2D eigenvalue weighted by Gasteiger charge is -2.09. The molecule has 1 heterocycles. The molecule has 0 amide bonds. The Morgan fingerprint density at radius 2 is 2.31 bits per heavy atom. The lowest BCUT2D eigenvalue weighted by Crippen LogP contribution is -2.04. The summed E-state index contributed by atoms with van der Waals surface area (Å²) in [5.41, 5.74) is 0.869. The number of hydrogen-bond donors (Lipinski definition) is 2. The van der Waals surface area contributed by atoms with Gasteiger partial charge in [-0.25, -0.2) is 4.98 Å². The Labute approximate surface area is 106 Å². The van der Waals surface area contributed by atoms with E-state index in [1.807, 2.05) is 12.1 Å². The SMILES string of the molecule is OC(Cc1ccc(Br)cc1Cl)c1ncn[nH]1. The van der Waals surface area contributed by atoms with Gasteiger partial charge in [-0.2, -0.15) is 5.10 Å². The van der Waals surface area contributed by atoms with E-state index in [4.69, 9.17) is 11.6 Å². The highest BCUT2D eigenvalue weighted by Gasteiger charge is 2.13. The van der Waals surface area contributed by atoms with Crippen LogP contribution in [0.3, 0.4) is 0 Å². The summed E-state index contributed by atoms with van der Waals surface area (Å²) in [7, 11) is 0. The highest BCUT2D eigenvalue weighted by atomic mass is 79.9. The summed E-state index contributed by atoms with van der Waals surface area (Å²) in [6, 6.07) is 5.55. The summed E-state index contributed by atoms with van der Waals surface area (Å²) in [6.45, 7) is 0. The van der Waals surface area contributed by atoms with Gasteiger partial charge < -0.3 is 5.11 Å². The molecule has 0 saturated carbocycles. The van der Waals surface area contributed by atoms with Gasteiger partial charge >= 0.3 is 0 Å². The normalized spacial score (nSPS) is 12.7. The summed E-state index contributed by atoms with van der Waals surface area (Å²) >= 11 is 9.37. The molecule has 0 radical (unpaired) electrons. The van der Waals surface area contributed by atoms with Crippen molar-refractivity contribution in [2.45, 2.75) is 12.5 Å². The molecule has 6 heteroatoms. The van der Waals surface area contributed by atoms with Crippen molar-refractivity contribution in [1.82, 2.24) is 15.2 Å². The first-order chi connectivity index (χ1) is 7.66. The Kier molecular flexibility index (Phi) is 3.58. The minimum absolute atomic E-state index is 0.404. The Morgan fingerprint density at radius 3 is 2.94 bits per heavy atom. The average Bonchev–Trinajstić information content (AvgIpc) is 2.75. The van der Waals surface area contributed by atoms with E-state index in [-0.39, 0.29) is 0 Å². The molecule has 84 valence electrons. The molecule has 0 aliphatic carbocycles. The van der Waals surface area contributed by atoms with Gasteiger partial charge in [0.05, 0.1) is 0 Å². The van der Waals surface area contributed by atoms with Crippen molar-refractivity contribution in [3.05, 3.63) is 45.4 Å². The second-order valence-electron chi connectivity index (χ2n) is 3.33. The molecular weight excluding hydrogens is 293 g/mol. The third kappa shape index (κ3) is 2.61. The maximum atomic E-state index is 9.85. The molecule has 1 aromatic carbocycles. The number of benzene rings is 1. The quantitative estimate of drug-likeness (QED) is 0.915. The van der Waals surface area contributed by atoms with Crippen molar-refractivity contribution < 1.29 is 5.11 Å². The molecule has 0 fully saturated rings. The first kappa shape index (κ1) is 11.6. The highest BCUT2D eigenvalue weighted by Crippen LogP contribution is 2.25. The van der Waals surface area contributed by atoms with Gasteiger partial charge in [0.25, 0.3) is 0 Å². The van der Waals surface area contributed by atoms with Gasteiger partial charge in [0.15, 0.2) is 5.82 Å². The van der Waals surface area contributed by atoms with Crippen LogP contribution in [-0.4, -0.2) is 20.3 Å². The van der Waals surface area contributed by atoms with E-state index < -0.39 is 6.10 Å². The lowest BCUT2D eigenvalue weighted by molar-refractivity contribution is 0.169. The smallest absolute Gasteiger partial charge is 0.153 e. The van der Waals surface area contributed by atoms with Gasteiger partial charge in [-0.1, -0.05) is 33.6 Å². The molecule has 2 aromatic rings. The van der Waals surface area contributed by atoms with E-state index in [9.17, 15) is 5.11 Å². The van der Waals surface area contributed by atoms with Gasteiger partial charge in [-0.3, -0.25) is 5.10 Å². The number of aliphatic hydroxyl groups excluding tert-OH is 1. The molecule has 0 spiro atoms. The zero-order valence-corrected chi connectivity index (χ0v) is 10.5. The monoisotopic (exact) mass is 301 g/mol. The van der Waals surface area contributed by atoms with Gasteiger partial charge in [0.2, 0.25) is 0 Å². The predicted molar refractivity (Wildman–Crippen MR) is 64.2 cm³/mol. The van der Waals surface area contributed by atoms with E-state index in [0.29, 0.717) is 17.3 Å². The summed E-state index contributed by atoms with van der Waals surface area (Å²) in [6.07, 6.45) is 1.05. The van der Waals surface area contributed by atoms with Gasteiger partial charge in [-0.15, -0.1) is 0 Å². The van der Waals surface area contributed by atoms with E-state index in [1.54, 1.807) is 6.07 Å². The number of nitrogens with one attached hydrogen (secondary N) is 1. The molecule has 2 rings (SSSR count). The molecule has 1 atom stereocenters. The molecular formula is C10H9BrClN3O. The first-order valence-electron chi connectivity index (χ1n) is 4.64. The van der Waals surface area contributed by atoms with Crippen LogP contribution in [0.4, 0.5) is 0 Å². The summed E-state index contributed by atoms with van der Waals surface area (Å²) in [5.74, 6) is 0.444. The van der Waals surface area contributed by atoms with Crippen LogP contribution < -0.4 is 0 Å². The molecule has 16 heavy (non-hydrogen) atoms. The summed E-state index contributed by atoms with van der Waals surface area (Å²) < 4.78 is 0.912. The van der Waals surface area contributed by atoms with Gasteiger partial charge in [0, 0.05) is 15.9 Å². The Bertz CT molecular complexity index is 475. The van der Waals surface area contributed by atoms with Gasteiger partial charge in [0.1, 0.15) is 12.4 Å². The van der Waals surface area contributed by atoms with Crippen LogP contribution in [0.15, 0.2) is 29.0 Å². The molecule has 0 aliphatic heterocycles. The van der Waals surface area contributed by atoms with Crippen molar-refractivity contribution >= 4 is 27.5 Å². The van der Waals surface area contributed by atoms with Crippen molar-refractivity contribution in [2.75, 3.05) is 0 Å². The maximum absolute atomic E-state index is 9.85. The number of halogens is 2. The molecule has 2 N–H and O–H groups in total. The van der Waals surface area contributed by atoms with Crippen LogP contribution in [0, 0.1) is 0 Å². The second kappa shape index (κ2) is 4.95. The van der Waals surface area contributed by atoms with Crippen molar-refractivity contribution in [3.8, 4) is 0 Å². The number of hydrogen-bond acceptors (Lipinski definition) is 3. The number of nitrogens with zero attached hydrogens (tertiary/aromatic N) is 2. The summed E-state index contributed by atoms with van der Waals surface area (Å²) in [5, 5.41) is 16.8. The lowest BCUT2D eigenvalue weighted by atomic mass is 10.1. The Morgan fingerprint density at radius 1 is 1.50 bits per heavy atom. The van der Waals surface area contributed by atoms with Gasteiger partial charge in [-0.05, 0) is 17.7 Å². The third-order valence-electron chi connectivity index (χ3n) is 2.18. The standard InChI is InChI=1S/C10H9BrClN3O/c11-7-2-1-6(8(12)4-7)3-9(16)10-13-5-14-15-10/h1-2,4-5,9,16H,3H2,(H,13,14,15). The fourth-order valence-corrected chi connectivity index (χ4v) is 2.12. The largest absolute Gasteiger partial charge is 0.385 e. The predicted octanol–water partition coefficient (Wildman–Crippen LogP) is 2.50. The van der Waals surface area contributed by atoms with Crippen molar-refractivity contribution in [2.24, 2.45) is 0 Å². The zero-order valence-electron chi connectivity index (χ0n) is 8.19. The molecule has 4 nitrogen and oxygen atoms in total. The fourth-order valence-electron chi connectivity index (χ4n) is 1.37. The second-order valence-corrected chi connectivity index (χ2v) is 4.65. The topological polar surface area (TPSA) is 61.8 Å². The minimum Gasteiger partial charge on any atom is -0.385 e. The van der Waals surface area contributed by atoms with Crippen LogP contribution in [0.25, 0.3) is 0 Å². The van der Waals surface area contributed by atoms with Crippen LogP contribution in [0.1, 0.15) is 17.5 Å². The molecule has 1 unspecified atom stereocenters. The number of aromatic amines is 1. The van der Waals surface area contributed by atoms with Crippen LogP contribution in [-0.2, 0) is 6.42 Å². The number of rotatable bonds is 3. The zero-order chi connectivity index (χ0) is 11.5. The third-order valence-corrected chi connectivity index (χ3v) is 3.02. The van der Waals surface area contributed by atoms with Crippen LogP contribution >= 0.6 is 27.5 Å². The van der Waals surface area contributed by atoms with Crippen molar-refractivity contribution in [3.63, 3.8) is 0 Å². The summed E-state index contributed by atoms with van der Waals surface area (Å²) in [4.78, 5) is 3.89. The van der Waals surface area contributed by atoms with Crippen molar-refractivity contribution in [1.29, 1.82) is 0 Å². The molecule has 0 saturated heterocycles. The van der Waals surface area contributed by atoms with Crippen LogP contribution in [0.2, 0.25) is 5.02 Å². The maximum Gasteiger partial charge on any atom is 0.153 e. The van der Waals surface area contributed by atoms with Crippen LogP contribution in [0.5, 0.6) is 0 Å². The number of aliphatic hydroxyl groups is 1. The van der Waals surface area contributed by atoms with E-state index in [1.165, 1.54) is 6.33 Å². The molecule has 0 bridgehead atoms. The minimum atomic E-state index is -0.721. The Hall–Kier alpha value is -0.910. The number of H-pyrrole nitrogens is 1. The molecule has 0 aliphatic rings. The molecule has 1 aromatic heterocycles. The van der Waals surface area contributed by atoms with E-state index in [0.717, 1.165) is 10.0 Å². The van der Waals surface area contributed by atoms with E-state index in [2.05, 4.69) is 31.1 Å². The van der Waals surface area contributed by atoms with E-state index >= 15 is 0 Å². The number of aromatic nitrogens is 3. The Balaban J connectivity index is 2.15. The highest BCUT2D eigenvalue weighted by molar-refractivity contribution is 9.10.